The summed E-state index contributed by atoms with van der Waals surface area (Å²) in [6, 6.07) is 6.94. The molecule has 0 bridgehead atoms. The van der Waals surface area contributed by atoms with Crippen molar-refractivity contribution >= 4 is 15.7 Å². The number of ether oxygens (including phenoxy) is 1. The summed E-state index contributed by atoms with van der Waals surface area (Å²) in [6.07, 6.45) is 4.21. The lowest BCUT2D eigenvalue weighted by atomic mass is 10.2. The van der Waals surface area contributed by atoms with Crippen molar-refractivity contribution in [2.45, 2.75) is 32.6 Å². The largest absolute Gasteiger partial charge is 0.492 e. The van der Waals surface area contributed by atoms with Gasteiger partial charge in [0.1, 0.15) is 12.4 Å². The van der Waals surface area contributed by atoms with E-state index in [4.69, 9.17) is 10.5 Å². The molecule has 20 heavy (non-hydrogen) atoms. The zero-order valence-corrected chi connectivity index (χ0v) is 12.8. The third-order valence-electron chi connectivity index (χ3n) is 2.83. The Labute approximate surface area is 121 Å². The molecule has 0 aromatic heterocycles. The van der Waals surface area contributed by atoms with Crippen molar-refractivity contribution in [3.8, 4) is 5.75 Å². The second kappa shape index (κ2) is 8.81. The lowest BCUT2D eigenvalue weighted by Crippen LogP contribution is -2.29. The fourth-order valence-electron chi connectivity index (χ4n) is 1.73. The molecule has 3 N–H and O–H groups in total. The Hall–Kier alpha value is -1.27. The van der Waals surface area contributed by atoms with Crippen molar-refractivity contribution in [1.29, 1.82) is 0 Å². The first-order valence-electron chi connectivity index (χ1n) is 6.99. The molecular formula is C14H24N2O3S. The standard InChI is InChI=1S/C14H24N2O3S/c1-2-3-4-5-9-16-20(17,18)11-10-19-14-8-6-7-13(15)12-14/h6-8,12,16H,2-5,9-11,15H2,1H3. The van der Waals surface area contributed by atoms with E-state index in [1.807, 2.05) is 0 Å². The molecule has 0 fully saturated rings. The highest BCUT2D eigenvalue weighted by molar-refractivity contribution is 7.89. The predicted molar refractivity (Wildman–Crippen MR) is 82.3 cm³/mol. The molecule has 0 heterocycles. The molecule has 114 valence electrons. The van der Waals surface area contributed by atoms with Gasteiger partial charge < -0.3 is 10.5 Å². The van der Waals surface area contributed by atoms with Gasteiger partial charge in [0.25, 0.3) is 0 Å². The molecule has 0 saturated heterocycles. The van der Waals surface area contributed by atoms with Crippen molar-refractivity contribution < 1.29 is 13.2 Å². The van der Waals surface area contributed by atoms with Crippen LogP contribution in [0.2, 0.25) is 0 Å². The van der Waals surface area contributed by atoms with Gasteiger partial charge in [0.05, 0.1) is 5.75 Å². The number of nitrogens with one attached hydrogen (secondary N) is 1. The number of hydrogen-bond donors (Lipinski definition) is 2. The molecular weight excluding hydrogens is 276 g/mol. The minimum Gasteiger partial charge on any atom is -0.492 e. The smallest absolute Gasteiger partial charge is 0.214 e. The Kier molecular flexibility index (Phi) is 7.40. The van der Waals surface area contributed by atoms with E-state index in [0.717, 1.165) is 25.7 Å². The molecule has 0 unspecified atom stereocenters. The van der Waals surface area contributed by atoms with Crippen LogP contribution in [0.25, 0.3) is 0 Å². The van der Waals surface area contributed by atoms with Crippen molar-refractivity contribution in [1.82, 2.24) is 4.72 Å². The van der Waals surface area contributed by atoms with Crippen LogP contribution in [0.5, 0.6) is 5.75 Å². The molecule has 0 saturated carbocycles. The van der Waals surface area contributed by atoms with Gasteiger partial charge in [-0.3, -0.25) is 0 Å². The van der Waals surface area contributed by atoms with Gasteiger partial charge in [-0.05, 0) is 18.6 Å². The van der Waals surface area contributed by atoms with E-state index in [0.29, 0.717) is 18.0 Å². The number of sulfonamides is 1. The average Bonchev–Trinajstić information content (AvgIpc) is 2.38. The summed E-state index contributed by atoms with van der Waals surface area (Å²) in [4.78, 5) is 0. The number of benzene rings is 1. The van der Waals surface area contributed by atoms with Crippen LogP contribution in [-0.2, 0) is 10.0 Å². The Morgan fingerprint density at radius 1 is 1.25 bits per heavy atom. The highest BCUT2D eigenvalue weighted by Crippen LogP contribution is 2.14. The number of anilines is 1. The molecule has 0 aliphatic heterocycles. The zero-order chi connectivity index (χ0) is 14.8. The number of unbranched alkanes of at least 4 members (excludes halogenated alkanes) is 3. The molecule has 0 aliphatic carbocycles. The second-order valence-electron chi connectivity index (χ2n) is 4.69. The minimum absolute atomic E-state index is 0.0461. The van der Waals surface area contributed by atoms with Gasteiger partial charge in [0.15, 0.2) is 0 Å². The van der Waals surface area contributed by atoms with Gasteiger partial charge in [0, 0.05) is 18.3 Å². The van der Waals surface area contributed by atoms with Crippen LogP contribution in [0.3, 0.4) is 0 Å². The van der Waals surface area contributed by atoms with Gasteiger partial charge in [0.2, 0.25) is 10.0 Å². The molecule has 0 atom stereocenters. The third-order valence-corrected chi connectivity index (χ3v) is 4.18. The van der Waals surface area contributed by atoms with Crippen molar-refractivity contribution in [2.75, 3.05) is 24.6 Å². The maximum atomic E-state index is 11.7. The summed E-state index contributed by atoms with van der Waals surface area (Å²) >= 11 is 0. The number of hydrogen-bond acceptors (Lipinski definition) is 4. The van der Waals surface area contributed by atoms with Crippen LogP contribution in [0, 0.1) is 0 Å². The van der Waals surface area contributed by atoms with Crippen molar-refractivity contribution in [3.05, 3.63) is 24.3 Å². The average molecular weight is 300 g/mol. The predicted octanol–water partition coefficient (Wildman–Crippen LogP) is 2.15. The molecule has 0 spiro atoms. The summed E-state index contributed by atoms with van der Waals surface area (Å²) in [7, 11) is -3.26. The maximum absolute atomic E-state index is 11.7. The first kappa shape index (κ1) is 16.8. The monoisotopic (exact) mass is 300 g/mol. The molecule has 5 nitrogen and oxygen atoms in total. The van der Waals surface area contributed by atoms with E-state index < -0.39 is 10.0 Å². The second-order valence-corrected chi connectivity index (χ2v) is 6.62. The van der Waals surface area contributed by atoms with E-state index in [9.17, 15) is 8.42 Å². The number of nitrogens with two attached hydrogens (primary N) is 1. The SMILES string of the molecule is CCCCCCNS(=O)(=O)CCOc1cccc(N)c1. The molecule has 0 radical (unpaired) electrons. The molecule has 0 amide bonds. The maximum Gasteiger partial charge on any atom is 0.214 e. The number of rotatable bonds is 10. The molecule has 6 heteroatoms. The lowest BCUT2D eigenvalue weighted by molar-refractivity contribution is 0.340. The fourth-order valence-corrected chi connectivity index (χ4v) is 2.63. The summed E-state index contributed by atoms with van der Waals surface area (Å²) in [5, 5.41) is 0. The van der Waals surface area contributed by atoms with Gasteiger partial charge >= 0.3 is 0 Å². The van der Waals surface area contributed by atoms with Crippen LogP contribution >= 0.6 is 0 Å². The zero-order valence-electron chi connectivity index (χ0n) is 12.0. The summed E-state index contributed by atoms with van der Waals surface area (Å²) < 4.78 is 31.4. The normalized spacial score (nSPS) is 11.4. The molecule has 0 aliphatic rings. The Morgan fingerprint density at radius 2 is 2.05 bits per heavy atom. The van der Waals surface area contributed by atoms with Crippen LogP contribution in [0.15, 0.2) is 24.3 Å². The quantitative estimate of drug-likeness (QED) is 0.512. The molecule has 1 aromatic carbocycles. The van der Waals surface area contributed by atoms with Gasteiger partial charge in [-0.15, -0.1) is 0 Å². The van der Waals surface area contributed by atoms with Gasteiger partial charge in [-0.1, -0.05) is 32.3 Å². The lowest BCUT2D eigenvalue weighted by Gasteiger charge is -2.08. The Balaban J connectivity index is 2.22. The Bertz CT molecular complexity index is 489. The van der Waals surface area contributed by atoms with Crippen LogP contribution in [0.4, 0.5) is 5.69 Å². The van der Waals surface area contributed by atoms with Crippen molar-refractivity contribution in [3.63, 3.8) is 0 Å². The highest BCUT2D eigenvalue weighted by Gasteiger charge is 2.09. The van der Waals surface area contributed by atoms with Crippen LogP contribution in [0.1, 0.15) is 32.6 Å². The minimum atomic E-state index is -3.26. The van der Waals surface area contributed by atoms with Crippen molar-refractivity contribution in [2.24, 2.45) is 0 Å². The fraction of sp³-hybridized carbons (Fsp3) is 0.571. The van der Waals surface area contributed by atoms with Crippen LogP contribution in [-0.4, -0.2) is 27.3 Å². The summed E-state index contributed by atoms with van der Waals surface area (Å²) in [6.45, 7) is 2.74. The first-order chi connectivity index (χ1) is 9.53. The van der Waals surface area contributed by atoms with E-state index >= 15 is 0 Å². The first-order valence-corrected chi connectivity index (χ1v) is 8.64. The van der Waals surface area contributed by atoms with E-state index in [-0.39, 0.29) is 12.4 Å². The van der Waals surface area contributed by atoms with Gasteiger partial charge in [-0.2, -0.15) is 0 Å². The molecule has 1 aromatic rings. The van der Waals surface area contributed by atoms with E-state index in [1.54, 1.807) is 24.3 Å². The van der Waals surface area contributed by atoms with Crippen LogP contribution < -0.4 is 15.2 Å². The van der Waals surface area contributed by atoms with E-state index in [2.05, 4.69) is 11.6 Å². The van der Waals surface area contributed by atoms with E-state index in [1.165, 1.54) is 0 Å². The topological polar surface area (TPSA) is 81.4 Å². The van der Waals surface area contributed by atoms with Gasteiger partial charge in [-0.25, -0.2) is 13.1 Å². The number of nitrogen functional groups attached to an aromatic ring is 1. The summed E-state index contributed by atoms with van der Waals surface area (Å²) in [5.41, 5.74) is 6.21. The summed E-state index contributed by atoms with van der Waals surface area (Å²) in [5.74, 6) is 0.540. The highest BCUT2D eigenvalue weighted by atomic mass is 32.2. The third kappa shape index (κ3) is 7.35. The molecule has 1 rings (SSSR count). The Morgan fingerprint density at radius 3 is 2.75 bits per heavy atom.